The molecule has 5 heteroatoms. The first-order valence-corrected chi connectivity index (χ1v) is 7.99. The maximum absolute atomic E-state index is 4.54. The smallest absolute Gasteiger partial charge is 0.141 e. The molecule has 0 bridgehead atoms. The van der Waals surface area contributed by atoms with E-state index in [-0.39, 0.29) is 0 Å². The minimum Gasteiger partial charge on any atom is -0.356 e. The number of anilines is 1. The molecule has 0 unspecified atom stereocenters. The number of hydrogen-bond donors (Lipinski definition) is 0. The molecule has 3 nitrogen and oxygen atoms in total. The van der Waals surface area contributed by atoms with Gasteiger partial charge < -0.3 is 4.90 Å². The molecular formula is C13H16BrN3S. The number of thiophene rings is 1. The van der Waals surface area contributed by atoms with Crippen molar-refractivity contribution in [3.63, 3.8) is 0 Å². The van der Waals surface area contributed by atoms with Crippen molar-refractivity contribution in [2.75, 3.05) is 18.0 Å². The molecule has 0 N–H and O–H groups in total. The van der Waals surface area contributed by atoms with Crippen LogP contribution >= 0.6 is 27.3 Å². The van der Waals surface area contributed by atoms with Crippen LogP contribution in [0.3, 0.4) is 0 Å². The molecule has 3 heterocycles. The Hall–Kier alpha value is -0.680. The lowest BCUT2D eigenvalue weighted by Crippen LogP contribution is -2.34. The van der Waals surface area contributed by atoms with Crippen LogP contribution in [0.15, 0.2) is 6.33 Å². The predicted octanol–water partition coefficient (Wildman–Crippen LogP) is 3.67. The average Bonchev–Trinajstić information content (AvgIpc) is 2.66. The van der Waals surface area contributed by atoms with Crippen LogP contribution < -0.4 is 4.90 Å². The number of nitrogens with zero attached hydrogens (tertiary/aromatic N) is 3. The molecule has 2 aromatic rings. The normalized spacial score (nSPS) is 17.6. The SMILES string of the molecule is Cc1sc2ncnc(N3CCC(Br)CC3)c2c1C. The highest BCUT2D eigenvalue weighted by Gasteiger charge is 2.21. The zero-order valence-electron chi connectivity index (χ0n) is 10.6. The number of aryl methyl sites for hydroxylation is 2. The first kappa shape index (κ1) is 12.4. The Morgan fingerprint density at radius 1 is 1.28 bits per heavy atom. The van der Waals surface area contributed by atoms with Crippen molar-refractivity contribution in [2.45, 2.75) is 31.5 Å². The van der Waals surface area contributed by atoms with Crippen molar-refractivity contribution >= 4 is 43.3 Å². The fourth-order valence-electron chi connectivity index (χ4n) is 2.46. The maximum Gasteiger partial charge on any atom is 0.141 e. The van der Waals surface area contributed by atoms with Gasteiger partial charge in [0.15, 0.2) is 0 Å². The zero-order chi connectivity index (χ0) is 12.7. The molecule has 0 aromatic carbocycles. The molecule has 1 fully saturated rings. The highest BCUT2D eigenvalue weighted by atomic mass is 79.9. The largest absolute Gasteiger partial charge is 0.356 e. The highest BCUT2D eigenvalue weighted by Crippen LogP contribution is 2.35. The van der Waals surface area contributed by atoms with E-state index < -0.39 is 0 Å². The summed E-state index contributed by atoms with van der Waals surface area (Å²) in [6.45, 7) is 6.50. The van der Waals surface area contributed by atoms with Crippen molar-refractivity contribution in [3.05, 3.63) is 16.8 Å². The van der Waals surface area contributed by atoms with E-state index in [1.165, 1.54) is 28.7 Å². The molecule has 0 amide bonds. The second-order valence-corrected chi connectivity index (χ2v) is 7.32. The van der Waals surface area contributed by atoms with Crippen molar-refractivity contribution in [1.82, 2.24) is 9.97 Å². The van der Waals surface area contributed by atoms with Crippen molar-refractivity contribution in [2.24, 2.45) is 0 Å². The van der Waals surface area contributed by atoms with E-state index in [4.69, 9.17) is 0 Å². The quantitative estimate of drug-likeness (QED) is 0.749. The second-order valence-electron chi connectivity index (χ2n) is 4.82. The van der Waals surface area contributed by atoms with E-state index in [0.29, 0.717) is 4.83 Å². The van der Waals surface area contributed by atoms with Gasteiger partial charge in [0.05, 0.1) is 5.39 Å². The standard InChI is InChI=1S/C13H16BrN3S/c1-8-9(2)18-13-11(8)12(15-7-16-13)17-5-3-10(14)4-6-17/h7,10H,3-6H2,1-2H3. The Morgan fingerprint density at radius 3 is 2.72 bits per heavy atom. The summed E-state index contributed by atoms with van der Waals surface area (Å²) in [7, 11) is 0. The summed E-state index contributed by atoms with van der Waals surface area (Å²) in [5.41, 5.74) is 1.34. The van der Waals surface area contributed by atoms with Crippen LogP contribution in [0.1, 0.15) is 23.3 Å². The topological polar surface area (TPSA) is 29.0 Å². The summed E-state index contributed by atoms with van der Waals surface area (Å²) in [6.07, 6.45) is 4.08. The molecule has 18 heavy (non-hydrogen) atoms. The van der Waals surface area contributed by atoms with E-state index >= 15 is 0 Å². The molecule has 1 saturated heterocycles. The third-order valence-corrected chi connectivity index (χ3v) is 5.70. The van der Waals surface area contributed by atoms with E-state index in [2.05, 4.69) is 44.6 Å². The number of piperidine rings is 1. The minimum atomic E-state index is 0.663. The lowest BCUT2D eigenvalue weighted by molar-refractivity contribution is 0.594. The van der Waals surface area contributed by atoms with Gasteiger partial charge in [-0.05, 0) is 32.3 Å². The maximum atomic E-state index is 4.54. The Bertz CT molecular complexity index is 573. The Labute approximate surface area is 119 Å². The lowest BCUT2D eigenvalue weighted by atomic mass is 10.1. The Kier molecular flexibility index (Phi) is 3.28. The van der Waals surface area contributed by atoms with Crippen LogP contribution in [0.25, 0.3) is 10.2 Å². The summed E-state index contributed by atoms with van der Waals surface area (Å²) in [4.78, 5) is 14.5. The van der Waals surface area contributed by atoms with Crippen LogP contribution in [-0.2, 0) is 0 Å². The third kappa shape index (κ3) is 2.03. The fourth-order valence-corrected chi connectivity index (χ4v) is 3.86. The van der Waals surface area contributed by atoms with Gasteiger partial charge in [0, 0.05) is 22.8 Å². The molecule has 1 aliphatic heterocycles. The summed E-state index contributed by atoms with van der Waals surface area (Å²) in [6, 6.07) is 0. The van der Waals surface area contributed by atoms with Gasteiger partial charge >= 0.3 is 0 Å². The van der Waals surface area contributed by atoms with Gasteiger partial charge in [-0.1, -0.05) is 15.9 Å². The van der Waals surface area contributed by atoms with E-state index in [1.807, 2.05) is 0 Å². The molecule has 0 aliphatic carbocycles. The molecule has 3 rings (SSSR count). The summed E-state index contributed by atoms with van der Waals surface area (Å²) in [5.74, 6) is 1.13. The van der Waals surface area contributed by atoms with Crippen LogP contribution in [-0.4, -0.2) is 27.9 Å². The van der Waals surface area contributed by atoms with Crippen LogP contribution in [0.5, 0.6) is 0 Å². The lowest BCUT2D eigenvalue weighted by Gasteiger charge is -2.30. The summed E-state index contributed by atoms with van der Waals surface area (Å²) >= 11 is 5.47. The Morgan fingerprint density at radius 2 is 2.00 bits per heavy atom. The summed E-state index contributed by atoms with van der Waals surface area (Å²) < 4.78 is 0. The zero-order valence-corrected chi connectivity index (χ0v) is 13.0. The molecule has 0 radical (unpaired) electrons. The fraction of sp³-hybridized carbons (Fsp3) is 0.538. The number of hydrogen-bond acceptors (Lipinski definition) is 4. The first-order chi connectivity index (χ1) is 8.66. The Balaban J connectivity index is 2.06. The van der Waals surface area contributed by atoms with Crippen LogP contribution in [0, 0.1) is 13.8 Å². The first-order valence-electron chi connectivity index (χ1n) is 6.26. The van der Waals surface area contributed by atoms with Gasteiger partial charge in [0.2, 0.25) is 0 Å². The number of rotatable bonds is 1. The number of fused-ring (bicyclic) bond motifs is 1. The van der Waals surface area contributed by atoms with E-state index in [0.717, 1.165) is 23.7 Å². The molecule has 0 atom stereocenters. The monoisotopic (exact) mass is 325 g/mol. The van der Waals surface area contributed by atoms with Crippen LogP contribution in [0.4, 0.5) is 5.82 Å². The average molecular weight is 326 g/mol. The molecule has 0 spiro atoms. The van der Waals surface area contributed by atoms with Gasteiger partial charge in [-0.25, -0.2) is 9.97 Å². The van der Waals surface area contributed by atoms with Crippen molar-refractivity contribution < 1.29 is 0 Å². The number of aromatic nitrogens is 2. The van der Waals surface area contributed by atoms with Gasteiger partial charge in [-0.2, -0.15) is 0 Å². The highest BCUT2D eigenvalue weighted by molar-refractivity contribution is 9.09. The number of halogens is 1. The second kappa shape index (κ2) is 4.78. The minimum absolute atomic E-state index is 0.663. The molecule has 0 saturated carbocycles. The van der Waals surface area contributed by atoms with E-state index in [1.54, 1.807) is 17.7 Å². The van der Waals surface area contributed by atoms with E-state index in [9.17, 15) is 0 Å². The van der Waals surface area contributed by atoms with Gasteiger partial charge in [0.25, 0.3) is 0 Å². The summed E-state index contributed by atoms with van der Waals surface area (Å²) in [5, 5.41) is 1.26. The van der Waals surface area contributed by atoms with Crippen molar-refractivity contribution in [3.8, 4) is 0 Å². The van der Waals surface area contributed by atoms with Gasteiger partial charge in [-0.15, -0.1) is 11.3 Å². The molecule has 1 aliphatic rings. The van der Waals surface area contributed by atoms with Crippen LogP contribution in [0.2, 0.25) is 0 Å². The van der Waals surface area contributed by atoms with Gasteiger partial charge in [-0.3, -0.25) is 0 Å². The predicted molar refractivity (Wildman–Crippen MR) is 81.1 cm³/mol. The van der Waals surface area contributed by atoms with Crippen molar-refractivity contribution in [1.29, 1.82) is 0 Å². The molecule has 96 valence electrons. The molecule has 2 aromatic heterocycles. The number of alkyl halides is 1. The van der Waals surface area contributed by atoms with Gasteiger partial charge in [0.1, 0.15) is 17.0 Å². The third-order valence-electron chi connectivity index (χ3n) is 3.67. The molecular weight excluding hydrogens is 310 g/mol.